The zero-order valence-corrected chi connectivity index (χ0v) is 11.4. The first-order chi connectivity index (χ1) is 9.32. The van der Waals surface area contributed by atoms with Crippen LogP contribution in [0, 0.1) is 11.3 Å². The van der Waals surface area contributed by atoms with Gasteiger partial charge in [-0.2, -0.15) is 0 Å². The summed E-state index contributed by atoms with van der Waals surface area (Å²) in [5.74, 6) is 1.56. The Balaban J connectivity index is 1.40. The summed E-state index contributed by atoms with van der Waals surface area (Å²) in [6, 6.07) is 0.551. The number of nitrogens with one attached hydrogen (secondary N) is 2. The highest BCUT2D eigenvalue weighted by Crippen LogP contribution is 2.61. The molecule has 0 aromatic carbocycles. The van der Waals surface area contributed by atoms with Crippen molar-refractivity contribution < 1.29 is 9.15 Å². The second-order valence-electron chi connectivity index (χ2n) is 5.66. The molecule has 2 aliphatic rings. The maximum atomic E-state index is 5.55. The first kappa shape index (κ1) is 12.9. The van der Waals surface area contributed by atoms with Crippen LogP contribution in [0.4, 0.5) is 6.01 Å². The zero-order chi connectivity index (χ0) is 13.1. The highest BCUT2D eigenvalue weighted by molar-refractivity contribution is 5.21. The first-order valence-corrected chi connectivity index (χ1v) is 7.08. The summed E-state index contributed by atoms with van der Waals surface area (Å²) in [4.78, 5) is 0. The number of nitrogens with zero attached hydrogens (tertiary/aromatic N) is 2. The van der Waals surface area contributed by atoms with Crippen molar-refractivity contribution in [2.45, 2.75) is 32.2 Å². The Morgan fingerprint density at radius 3 is 2.89 bits per heavy atom. The van der Waals surface area contributed by atoms with Gasteiger partial charge in [0.15, 0.2) is 0 Å². The molecule has 1 heterocycles. The molecule has 0 atom stereocenters. The second-order valence-corrected chi connectivity index (χ2v) is 5.66. The molecule has 6 nitrogen and oxygen atoms in total. The van der Waals surface area contributed by atoms with Crippen molar-refractivity contribution in [1.82, 2.24) is 15.5 Å². The minimum Gasteiger partial charge on any atom is -0.407 e. The molecule has 0 unspecified atom stereocenters. The van der Waals surface area contributed by atoms with E-state index in [-0.39, 0.29) is 0 Å². The lowest BCUT2D eigenvalue weighted by Gasteiger charge is -2.13. The summed E-state index contributed by atoms with van der Waals surface area (Å²) >= 11 is 0. The van der Waals surface area contributed by atoms with Gasteiger partial charge in [-0.05, 0) is 37.0 Å². The number of hydrogen-bond donors (Lipinski definition) is 2. The maximum Gasteiger partial charge on any atom is 0.315 e. The molecule has 1 aromatic heterocycles. The zero-order valence-electron chi connectivity index (χ0n) is 11.4. The predicted octanol–water partition coefficient (Wildman–Crippen LogP) is 1.41. The van der Waals surface area contributed by atoms with Crippen molar-refractivity contribution in [2.24, 2.45) is 11.3 Å². The summed E-state index contributed by atoms with van der Waals surface area (Å²) in [6.07, 6.45) is 5.51. The van der Waals surface area contributed by atoms with Gasteiger partial charge in [0.05, 0.1) is 13.2 Å². The van der Waals surface area contributed by atoms with Crippen LogP contribution >= 0.6 is 0 Å². The third-order valence-electron chi connectivity index (χ3n) is 4.15. The van der Waals surface area contributed by atoms with Crippen LogP contribution in [0.3, 0.4) is 0 Å². The fourth-order valence-corrected chi connectivity index (χ4v) is 2.60. The molecule has 0 bridgehead atoms. The first-order valence-electron chi connectivity index (χ1n) is 7.08. The van der Waals surface area contributed by atoms with Crippen molar-refractivity contribution in [3.8, 4) is 0 Å². The highest BCUT2D eigenvalue weighted by atomic mass is 16.5. The Bertz CT molecular complexity index is 413. The summed E-state index contributed by atoms with van der Waals surface area (Å²) in [6.45, 7) is 3.04. The van der Waals surface area contributed by atoms with Gasteiger partial charge in [0, 0.05) is 20.2 Å². The molecule has 106 valence electrons. The lowest BCUT2D eigenvalue weighted by Crippen LogP contribution is -2.18. The average Bonchev–Trinajstić information content (AvgIpc) is 3.31. The van der Waals surface area contributed by atoms with E-state index >= 15 is 0 Å². The van der Waals surface area contributed by atoms with E-state index in [1.807, 2.05) is 0 Å². The highest BCUT2D eigenvalue weighted by Gasteiger charge is 2.53. The topological polar surface area (TPSA) is 72.2 Å². The van der Waals surface area contributed by atoms with E-state index in [0.717, 1.165) is 19.0 Å². The van der Waals surface area contributed by atoms with Crippen molar-refractivity contribution in [3.63, 3.8) is 0 Å². The van der Waals surface area contributed by atoms with Gasteiger partial charge in [-0.25, -0.2) is 0 Å². The Kier molecular flexibility index (Phi) is 3.70. The van der Waals surface area contributed by atoms with E-state index in [2.05, 4.69) is 20.8 Å². The van der Waals surface area contributed by atoms with Crippen LogP contribution in [0.2, 0.25) is 0 Å². The van der Waals surface area contributed by atoms with Crippen LogP contribution in [-0.2, 0) is 11.3 Å². The number of ether oxygens (including phenoxy) is 1. The summed E-state index contributed by atoms with van der Waals surface area (Å²) in [5.41, 5.74) is 0.547. The Morgan fingerprint density at radius 1 is 1.37 bits per heavy atom. The molecule has 0 amide bonds. The van der Waals surface area contributed by atoms with Gasteiger partial charge in [-0.1, -0.05) is 5.10 Å². The minimum atomic E-state index is 0.547. The van der Waals surface area contributed by atoms with Gasteiger partial charge in [-0.3, -0.25) is 0 Å². The van der Waals surface area contributed by atoms with E-state index in [1.165, 1.54) is 25.7 Å². The van der Waals surface area contributed by atoms with E-state index < -0.39 is 0 Å². The van der Waals surface area contributed by atoms with Crippen molar-refractivity contribution in [2.75, 3.05) is 32.1 Å². The summed E-state index contributed by atoms with van der Waals surface area (Å²) < 4.78 is 10.5. The average molecular weight is 266 g/mol. The molecule has 2 fully saturated rings. The number of methoxy groups -OCH3 is 1. The molecule has 1 aromatic rings. The van der Waals surface area contributed by atoms with Crippen LogP contribution in [0.15, 0.2) is 4.42 Å². The molecule has 0 spiro atoms. The predicted molar refractivity (Wildman–Crippen MR) is 70.8 cm³/mol. The molecule has 6 heteroatoms. The summed E-state index contributed by atoms with van der Waals surface area (Å²) in [7, 11) is 1.68. The largest absolute Gasteiger partial charge is 0.407 e. The minimum absolute atomic E-state index is 0.547. The van der Waals surface area contributed by atoms with E-state index in [9.17, 15) is 0 Å². The Labute approximate surface area is 113 Å². The van der Waals surface area contributed by atoms with Crippen molar-refractivity contribution >= 4 is 6.01 Å². The molecule has 2 aliphatic carbocycles. The van der Waals surface area contributed by atoms with Crippen LogP contribution in [0.25, 0.3) is 0 Å². The van der Waals surface area contributed by atoms with E-state index in [1.54, 1.807) is 7.11 Å². The Hall–Kier alpha value is -1.14. The SMILES string of the molecule is COCCNCc1nnc(NCC2(C3CC3)CC2)o1. The van der Waals surface area contributed by atoms with Crippen molar-refractivity contribution in [1.29, 1.82) is 0 Å². The summed E-state index contributed by atoms with van der Waals surface area (Å²) in [5, 5.41) is 14.5. The molecule has 2 saturated carbocycles. The third kappa shape index (κ3) is 3.25. The lowest BCUT2D eigenvalue weighted by molar-refractivity contribution is 0.198. The smallest absolute Gasteiger partial charge is 0.315 e. The quantitative estimate of drug-likeness (QED) is 0.658. The third-order valence-corrected chi connectivity index (χ3v) is 4.15. The Morgan fingerprint density at radius 2 is 2.21 bits per heavy atom. The van der Waals surface area contributed by atoms with Gasteiger partial charge in [0.25, 0.3) is 0 Å². The van der Waals surface area contributed by atoms with E-state index in [0.29, 0.717) is 30.5 Å². The standard InChI is InChI=1S/C13H22N4O2/c1-18-7-6-14-8-11-16-17-12(19-11)15-9-13(4-5-13)10-2-3-10/h10,14H,2-9H2,1H3,(H,15,17). The van der Waals surface area contributed by atoms with Gasteiger partial charge in [0.2, 0.25) is 5.89 Å². The number of rotatable bonds is 9. The lowest BCUT2D eigenvalue weighted by atomic mass is 10.0. The monoisotopic (exact) mass is 266 g/mol. The van der Waals surface area contributed by atoms with Gasteiger partial charge < -0.3 is 19.8 Å². The second kappa shape index (κ2) is 5.46. The van der Waals surface area contributed by atoms with E-state index in [4.69, 9.17) is 9.15 Å². The molecule has 0 saturated heterocycles. The van der Waals surface area contributed by atoms with Crippen LogP contribution < -0.4 is 10.6 Å². The molecular weight excluding hydrogens is 244 g/mol. The number of aromatic nitrogens is 2. The normalized spacial score (nSPS) is 20.5. The molecule has 19 heavy (non-hydrogen) atoms. The van der Waals surface area contributed by atoms with Crippen LogP contribution in [0.5, 0.6) is 0 Å². The molecule has 0 aliphatic heterocycles. The molecular formula is C13H22N4O2. The molecule has 3 rings (SSSR count). The van der Waals surface area contributed by atoms with Crippen LogP contribution in [-0.4, -0.2) is 37.0 Å². The fraction of sp³-hybridized carbons (Fsp3) is 0.846. The van der Waals surface area contributed by atoms with Crippen molar-refractivity contribution in [3.05, 3.63) is 5.89 Å². The fourth-order valence-electron chi connectivity index (χ4n) is 2.60. The number of anilines is 1. The van der Waals surface area contributed by atoms with Gasteiger partial charge in [0.1, 0.15) is 0 Å². The molecule has 2 N–H and O–H groups in total. The maximum absolute atomic E-state index is 5.55. The van der Waals surface area contributed by atoms with Crippen LogP contribution in [0.1, 0.15) is 31.6 Å². The number of hydrogen-bond acceptors (Lipinski definition) is 6. The molecule has 0 radical (unpaired) electrons. The van der Waals surface area contributed by atoms with Gasteiger partial charge in [-0.15, -0.1) is 5.10 Å². The van der Waals surface area contributed by atoms with Gasteiger partial charge >= 0.3 is 6.01 Å².